The molecule has 0 saturated carbocycles. The highest BCUT2D eigenvalue weighted by atomic mass is 127. The number of nitrogens with one attached hydrogen (secondary N) is 3. The molecule has 2 unspecified atom stereocenters. The molecule has 7 heteroatoms. The smallest absolute Gasteiger partial charge is 0.225 e. The zero-order valence-electron chi connectivity index (χ0n) is 18.3. The minimum absolute atomic E-state index is 0. The van der Waals surface area contributed by atoms with Gasteiger partial charge in [-0.2, -0.15) is 0 Å². The van der Waals surface area contributed by atoms with Gasteiger partial charge in [0.05, 0.1) is 6.10 Å². The topological polar surface area (TPSA) is 74.8 Å². The Kier molecular flexibility index (Phi) is 11.8. The lowest BCUT2D eigenvalue weighted by molar-refractivity contribution is -0.128. The number of guanidine groups is 1. The van der Waals surface area contributed by atoms with Gasteiger partial charge in [0.15, 0.2) is 5.96 Å². The number of ether oxygens (including phenoxy) is 1. The molecule has 0 spiro atoms. The van der Waals surface area contributed by atoms with E-state index in [9.17, 15) is 4.79 Å². The number of hydrogen-bond donors (Lipinski definition) is 3. The van der Waals surface area contributed by atoms with Gasteiger partial charge in [0.1, 0.15) is 0 Å². The summed E-state index contributed by atoms with van der Waals surface area (Å²) in [6.07, 6.45) is 2.51. The lowest BCUT2D eigenvalue weighted by Gasteiger charge is -2.39. The van der Waals surface area contributed by atoms with Gasteiger partial charge in [0.25, 0.3) is 0 Å². The molecule has 2 atom stereocenters. The maximum Gasteiger partial charge on any atom is 0.225 e. The van der Waals surface area contributed by atoms with Gasteiger partial charge in [-0.15, -0.1) is 24.0 Å². The van der Waals surface area contributed by atoms with Gasteiger partial charge in [0, 0.05) is 44.1 Å². The molecule has 1 saturated heterocycles. The van der Waals surface area contributed by atoms with Crippen LogP contribution in [0.1, 0.15) is 61.3 Å². The van der Waals surface area contributed by atoms with Crippen molar-refractivity contribution in [2.24, 2.45) is 21.7 Å². The van der Waals surface area contributed by atoms with Crippen molar-refractivity contribution in [3.63, 3.8) is 0 Å². The molecule has 160 valence electrons. The third-order valence-electron chi connectivity index (χ3n) is 4.51. The van der Waals surface area contributed by atoms with Crippen molar-refractivity contribution in [1.82, 2.24) is 16.0 Å². The molecule has 0 aliphatic carbocycles. The predicted molar refractivity (Wildman–Crippen MR) is 124 cm³/mol. The van der Waals surface area contributed by atoms with Crippen LogP contribution in [0.25, 0.3) is 0 Å². The summed E-state index contributed by atoms with van der Waals surface area (Å²) < 4.78 is 6.05. The molecule has 0 bridgehead atoms. The fraction of sp³-hybridized carbons (Fsp3) is 0.900. The maximum absolute atomic E-state index is 11.9. The van der Waals surface area contributed by atoms with E-state index < -0.39 is 0 Å². The minimum atomic E-state index is -0.360. The van der Waals surface area contributed by atoms with Crippen LogP contribution in [0.15, 0.2) is 4.99 Å². The summed E-state index contributed by atoms with van der Waals surface area (Å²) in [6.45, 7) is 18.2. The Balaban J connectivity index is 0.00000676. The molecule has 27 heavy (non-hydrogen) atoms. The quantitative estimate of drug-likeness (QED) is 0.229. The van der Waals surface area contributed by atoms with Gasteiger partial charge >= 0.3 is 0 Å². The first-order valence-electron chi connectivity index (χ1n) is 9.97. The van der Waals surface area contributed by atoms with Gasteiger partial charge in [-0.25, -0.2) is 0 Å². The molecule has 6 nitrogen and oxygen atoms in total. The maximum atomic E-state index is 11.9. The van der Waals surface area contributed by atoms with Crippen molar-refractivity contribution in [1.29, 1.82) is 0 Å². The van der Waals surface area contributed by atoms with E-state index in [1.54, 1.807) is 0 Å². The number of hydrogen-bond acceptors (Lipinski definition) is 3. The average molecular weight is 496 g/mol. The van der Waals surface area contributed by atoms with Crippen LogP contribution >= 0.6 is 24.0 Å². The molecule has 1 aliphatic heterocycles. The lowest BCUT2D eigenvalue weighted by atomic mass is 9.78. The second-order valence-corrected chi connectivity index (χ2v) is 9.21. The Labute approximate surface area is 183 Å². The Morgan fingerprint density at radius 1 is 1.07 bits per heavy atom. The Morgan fingerprint density at radius 3 is 2.26 bits per heavy atom. The second kappa shape index (κ2) is 12.1. The van der Waals surface area contributed by atoms with Crippen molar-refractivity contribution in [3.05, 3.63) is 0 Å². The average Bonchev–Trinajstić information content (AvgIpc) is 2.54. The van der Waals surface area contributed by atoms with Crippen LogP contribution < -0.4 is 16.0 Å². The third-order valence-corrected chi connectivity index (χ3v) is 4.51. The predicted octanol–water partition coefficient (Wildman–Crippen LogP) is 3.16. The molecule has 1 fully saturated rings. The highest BCUT2D eigenvalue weighted by molar-refractivity contribution is 14.0. The van der Waals surface area contributed by atoms with Crippen LogP contribution in [0.5, 0.6) is 0 Å². The number of rotatable bonds is 6. The standard InChI is InChI=1S/C20H40N4O2.HI/c1-8-21-18(23-12-11-22-17(25)20(5,6)7)24-14-15-10-9-13-26-16(15)19(2,3)4;/h15-16H,8-14H2,1-7H3,(H,22,25)(H2,21,23,24);1H. The molecule has 0 radical (unpaired) electrons. The summed E-state index contributed by atoms with van der Waals surface area (Å²) in [5.41, 5.74) is -0.231. The van der Waals surface area contributed by atoms with E-state index in [4.69, 9.17) is 9.73 Å². The lowest BCUT2D eigenvalue weighted by Crippen LogP contribution is -2.44. The molecular formula is C20H41IN4O2. The number of carbonyl (C=O) groups is 1. The van der Waals surface area contributed by atoms with Gasteiger partial charge < -0.3 is 20.7 Å². The van der Waals surface area contributed by atoms with Crippen LogP contribution in [0.2, 0.25) is 0 Å². The molecule has 3 N–H and O–H groups in total. The summed E-state index contributed by atoms with van der Waals surface area (Å²) in [4.78, 5) is 16.7. The number of halogens is 1. The van der Waals surface area contributed by atoms with E-state index in [1.165, 1.54) is 0 Å². The zero-order valence-corrected chi connectivity index (χ0v) is 20.6. The Bertz CT molecular complexity index is 470. The molecule has 1 aliphatic rings. The van der Waals surface area contributed by atoms with Crippen LogP contribution in [0, 0.1) is 16.7 Å². The number of aliphatic imine (C=N–C) groups is 1. The first-order chi connectivity index (χ1) is 12.1. The first-order valence-corrected chi connectivity index (χ1v) is 9.97. The van der Waals surface area contributed by atoms with Crippen molar-refractivity contribution >= 4 is 35.8 Å². The van der Waals surface area contributed by atoms with Crippen molar-refractivity contribution in [3.8, 4) is 0 Å². The van der Waals surface area contributed by atoms with Crippen LogP contribution in [0.4, 0.5) is 0 Å². The first kappa shape index (κ1) is 26.4. The van der Waals surface area contributed by atoms with E-state index in [1.807, 2.05) is 20.8 Å². The Morgan fingerprint density at radius 2 is 1.70 bits per heavy atom. The van der Waals surface area contributed by atoms with Crippen LogP contribution in [-0.4, -0.2) is 50.8 Å². The highest BCUT2D eigenvalue weighted by Crippen LogP contribution is 2.34. The fourth-order valence-electron chi connectivity index (χ4n) is 3.16. The minimum Gasteiger partial charge on any atom is -0.377 e. The molecule has 0 aromatic heterocycles. The van der Waals surface area contributed by atoms with Gasteiger partial charge in [-0.05, 0) is 25.2 Å². The number of amides is 1. The molecular weight excluding hydrogens is 455 g/mol. The molecule has 1 heterocycles. The summed E-state index contributed by atoms with van der Waals surface area (Å²) in [5, 5.41) is 9.53. The third kappa shape index (κ3) is 9.96. The van der Waals surface area contributed by atoms with Crippen LogP contribution in [0.3, 0.4) is 0 Å². The van der Waals surface area contributed by atoms with Gasteiger partial charge in [0.2, 0.25) is 5.91 Å². The summed E-state index contributed by atoms with van der Waals surface area (Å²) >= 11 is 0. The van der Waals surface area contributed by atoms with E-state index in [0.717, 1.165) is 38.5 Å². The van der Waals surface area contributed by atoms with Crippen molar-refractivity contribution < 1.29 is 9.53 Å². The molecule has 0 aromatic carbocycles. The molecule has 1 amide bonds. The number of nitrogens with zero attached hydrogens (tertiary/aromatic N) is 1. The number of carbonyl (C=O) groups excluding carboxylic acids is 1. The van der Waals surface area contributed by atoms with Gasteiger partial charge in [-0.3, -0.25) is 9.79 Å². The van der Waals surface area contributed by atoms with Crippen molar-refractivity contribution in [2.75, 3.05) is 32.8 Å². The van der Waals surface area contributed by atoms with Gasteiger partial charge in [-0.1, -0.05) is 41.5 Å². The van der Waals surface area contributed by atoms with Crippen LogP contribution in [-0.2, 0) is 9.53 Å². The summed E-state index contributed by atoms with van der Waals surface area (Å²) in [5.74, 6) is 1.31. The van der Waals surface area contributed by atoms with Crippen molar-refractivity contribution in [2.45, 2.75) is 67.4 Å². The summed E-state index contributed by atoms with van der Waals surface area (Å²) in [7, 11) is 0. The molecule has 1 rings (SSSR count). The van der Waals surface area contributed by atoms with E-state index in [2.05, 4.69) is 43.6 Å². The SMILES string of the molecule is CCNC(=NCC1CCCOC1C(C)(C)C)NCCNC(=O)C(C)(C)C.I. The highest BCUT2D eigenvalue weighted by Gasteiger charge is 2.35. The Hall–Kier alpha value is -0.570. The zero-order chi connectivity index (χ0) is 19.8. The largest absolute Gasteiger partial charge is 0.377 e. The van der Waals surface area contributed by atoms with E-state index in [-0.39, 0.29) is 46.8 Å². The normalized spacial score (nSPS) is 21.2. The fourth-order valence-corrected chi connectivity index (χ4v) is 3.16. The molecule has 0 aromatic rings. The monoisotopic (exact) mass is 496 g/mol. The second-order valence-electron chi connectivity index (χ2n) is 9.21. The van der Waals surface area contributed by atoms with E-state index >= 15 is 0 Å². The van der Waals surface area contributed by atoms with E-state index in [0.29, 0.717) is 19.0 Å². The summed E-state index contributed by atoms with van der Waals surface area (Å²) in [6, 6.07) is 0.